The summed E-state index contributed by atoms with van der Waals surface area (Å²) in [4.78, 5) is 13.5. The quantitative estimate of drug-likeness (QED) is 0.741. The molecule has 2 aromatic rings. The number of hydrogen-bond acceptors (Lipinski definition) is 6. The standard InChI is InChI=1S/C20H26FN5O2S/c21-18-6-4-17(5-7-18)16-29(27,28)26-14-12-24(13-15-26)19-8-9-22-20(23-19)25-10-2-1-3-11-25/h4-9H,1-3,10-16H2. The molecule has 0 aliphatic carbocycles. The minimum absolute atomic E-state index is 0.111. The summed E-state index contributed by atoms with van der Waals surface area (Å²) in [6.07, 6.45) is 5.37. The summed E-state index contributed by atoms with van der Waals surface area (Å²) in [5.41, 5.74) is 0.593. The van der Waals surface area contributed by atoms with Crippen LogP contribution in [0.5, 0.6) is 0 Å². The molecule has 3 heterocycles. The molecule has 0 bridgehead atoms. The Kier molecular flexibility index (Phi) is 5.96. The fourth-order valence-corrected chi connectivity index (χ4v) is 5.36. The molecule has 2 saturated heterocycles. The zero-order valence-corrected chi connectivity index (χ0v) is 17.2. The van der Waals surface area contributed by atoms with Crippen molar-refractivity contribution in [2.75, 3.05) is 49.1 Å². The Labute approximate surface area is 171 Å². The Hall–Kier alpha value is -2.26. The van der Waals surface area contributed by atoms with Crippen molar-refractivity contribution in [1.29, 1.82) is 0 Å². The van der Waals surface area contributed by atoms with Gasteiger partial charge in [-0.2, -0.15) is 9.29 Å². The van der Waals surface area contributed by atoms with E-state index in [1.807, 2.05) is 6.07 Å². The third kappa shape index (κ3) is 4.84. The van der Waals surface area contributed by atoms with Crippen LogP contribution in [0.1, 0.15) is 24.8 Å². The van der Waals surface area contributed by atoms with Crippen LogP contribution in [0.3, 0.4) is 0 Å². The summed E-state index contributed by atoms with van der Waals surface area (Å²) in [6, 6.07) is 7.50. The van der Waals surface area contributed by atoms with Crippen LogP contribution < -0.4 is 9.80 Å². The Morgan fingerprint density at radius 2 is 1.55 bits per heavy atom. The number of nitrogens with zero attached hydrogens (tertiary/aromatic N) is 5. The monoisotopic (exact) mass is 419 g/mol. The van der Waals surface area contributed by atoms with Crippen molar-refractivity contribution in [3.63, 3.8) is 0 Å². The summed E-state index contributed by atoms with van der Waals surface area (Å²) in [6.45, 7) is 3.95. The first-order valence-corrected chi connectivity index (χ1v) is 11.7. The summed E-state index contributed by atoms with van der Waals surface area (Å²) in [5.74, 6) is 1.12. The fourth-order valence-electron chi connectivity index (χ4n) is 3.84. The Bertz CT molecular complexity index is 924. The molecular weight excluding hydrogens is 393 g/mol. The Morgan fingerprint density at radius 3 is 2.24 bits per heavy atom. The molecule has 0 saturated carbocycles. The predicted octanol–water partition coefficient (Wildman–Crippen LogP) is 2.26. The molecule has 0 radical (unpaired) electrons. The van der Waals surface area contributed by atoms with Crippen LogP contribution in [0.4, 0.5) is 16.2 Å². The number of benzene rings is 1. The van der Waals surface area contributed by atoms with Gasteiger partial charge in [0.1, 0.15) is 11.6 Å². The van der Waals surface area contributed by atoms with Gasteiger partial charge >= 0.3 is 0 Å². The van der Waals surface area contributed by atoms with Gasteiger partial charge in [-0.3, -0.25) is 0 Å². The molecule has 2 aliphatic rings. The predicted molar refractivity (Wildman–Crippen MR) is 111 cm³/mol. The van der Waals surface area contributed by atoms with E-state index in [1.54, 1.807) is 6.20 Å². The maximum Gasteiger partial charge on any atom is 0.227 e. The minimum Gasteiger partial charge on any atom is -0.354 e. The zero-order valence-electron chi connectivity index (χ0n) is 16.4. The lowest BCUT2D eigenvalue weighted by atomic mass is 10.1. The normalized spacial score (nSPS) is 18.8. The van der Waals surface area contributed by atoms with Crippen molar-refractivity contribution in [3.05, 3.63) is 47.9 Å². The third-order valence-electron chi connectivity index (χ3n) is 5.49. The van der Waals surface area contributed by atoms with Crippen LogP contribution in [-0.2, 0) is 15.8 Å². The van der Waals surface area contributed by atoms with Crippen LogP contribution in [0.2, 0.25) is 0 Å². The molecular formula is C20H26FN5O2S. The largest absolute Gasteiger partial charge is 0.354 e. The van der Waals surface area contributed by atoms with Gasteiger partial charge in [-0.05, 0) is 43.0 Å². The molecule has 0 unspecified atom stereocenters. The molecule has 0 spiro atoms. The van der Waals surface area contributed by atoms with E-state index < -0.39 is 10.0 Å². The summed E-state index contributed by atoms with van der Waals surface area (Å²) in [7, 11) is -3.44. The van der Waals surface area contributed by atoms with Gasteiger partial charge < -0.3 is 9.80 Å². The highest BCUT2D eigenvalue weighted by molar-refractivity contribution is 7.88. The van der Waals surface area contributed by atoms with Crippen molar-refractivity contribution in [3.8, 4) is 0 Å². The number of piperidine rings is 1. The number of piperazine rings is 1. The summed E-state index contributed by atoms with van der Waals surface area (Å²) in [5, 5.41) is 0. The molecule has 1 aromatic heterocycles. The van der Waals surface area contributed by atoms with Crippen LogP contribution in [0.25, 0.3) is 0 Å². The molecule has 7 nitrogen and oxygen atoms in total. The molecule has 156 valence electrons. The van der Waals surface area contributed by atoms with Gasteiger partial charge in [0.05, 0.1) is 5.75 Å². The maximum absolute atomic E-state index is 13.0. The van der Waals surface area contributed by atoms with Crippen molar-refractivity contribution in [2.24, 2.45) is 0 Å². The van der Waals surface area contributed by atoms with Gasteiger partial charge in [-0.1, -0.05) is 12.1 Å². The topological polar surface area (TPSA) is 69.6 Å². The van der Waals surface area contributed by atoms with E-state index in [-0.39, 0.29) is 11.6 Å². The Balaban J connectivity index is 1.38. The Morgan fingerprint density at radius 1 is 0.862 bits per heavy atom. The second-order valence-corrected chi connectivity index (χ2v) is 9.50. The van der Waals surface area contributed by atoms with E-state index in [2.05, 4.69) is 14.8 Å². The number of aromatic nitrogens is 2. The van der Waals surface area contributed by atoms with E-state index in [0.29, 0.717) is 31.7 Å². The molecule has 1 aromatic carbocycles. The lowest BCUT2D eigenvalue weighted by molar-refractivity contribution is 0.383. The maximum atomic E-state index is 13.0. The molecule has 2 fully saturated rings. The number of halogens is 1. The van der Waals surface area contributed by atoms with E-state index in [1.165, 1.54) is 35.0 Å². The highest BCUT2D eigenvalue weighted by Crippen LogP contribution is 2.21. The van der Waals surface area contributed by atoms with E-state index in [0.717, 1.165) is 37.7 Å². The second-order valence-electron chi connectivity index (χ2n) is 7.53. The summed E-state index contributed by atoms with van der Waals surface area (Å²) >= 11 is 0. The van der Waals surface area contributed by atoms with Crippen molar-refractivity contribution < 1.29 is 12.8 Å². The highest BCUT2D eigenvalue weighted by Gasteiger charge is 2.28. The van der Waals surface area contributed by atoms with E-state index in [4.69, 9.17) is 4.98 Å². The first-order valence-electron chi connectivity index (χ1n) is 10.1. The van der Waals surface area contributed by atoms with Crippen molar-refractivity contribution in [2.45, 2.75) is 25.0 Å². The lowest BCUT2D eigenvalue weighted by Crippen LogP contribution is -2.49. The zero-order chi connectivity index (χ0) is 20.3. The second kappa shape index (κ2) is 8.62. The molecule has 29 heavy (non-hydrogen) atoms. The molecule has 4 rings (SSSR count). The smallest absolute Gasteiger partial charge is 0.227 e. The van der Waals surface area contributed by atoms with Gasteiger partial charge in [0, 0.05) is 45.5 Å². The third-order valence-corrected chi connectivity index (χ3v) is 7.34. The van der Waals surface area contributed by atoms with Crippen LogP contribution in [0, 0.1) is 5.82 Å². The van der Waals surface area contributed by atoms with Crippen LogP contribution >= 0.6 is 0 Å². The molecule has 0 atom stereocenters. The molecule has 0 amide bonds. The van der Waals surface area contributed by atoms with Gasteiger partial charge in [0.25, 0.3) is 0 Å². The van der Waals surface area contributed by atoms with E-state index in [9.17, 15) is 12.8 Å². The van der Waals surface area contributed by atoms with E-state index >= 15 is 0 Å². The van der Waals surface area contributed by atoms with Gasteiger partial charge in [-0.25, -0.2) is 17.8 Å². The average Bonchev–Trinajstić information content (AvgIpc) is 2.76. The fraction of sp³-hybridized carbons (Fsp3) is 0.500. The average molecular weight is 420 g/mol. The number of sulfonamides is 1. The minimum atomic E-state index is -3.44. The van der Waals surface area contributed by atoms with Crippen molar-refractivity contribution >= 4 is 21.8 Å². The molecule has 0 N–H and O–H groups in total. The lowest BCUT2D eigenvalue weighted by Gasteiger charge is -2.35. The summed E-state index contributed by atoms with van der Waals surface area (Å²) < 4.78 is 40.0. The number of anilines is 2. The van der Waals surface area contributed by atoms with Crippen molar-refractivity contribution in [1.82, 2.24) is 14.3 Å². The van der Waals surface area contributed by atoms with Gasteiger partial charge in [0.2, 0.25) is 16.0 Å². The number of rotatable bonds is 5. The van der Waals surface area contributed by atoms with Crippen LogP contribution in [0.15, 0.2) is 36.5 Å². The molecule has 9 heteroatoms. The first kappa shape index (κ1) is 20.0. The first-order chi connectivity index (χ1) is 14.0. The molecule has 2 aliphatic heterocycles. The SMILES string of the molecule is O=S(=O)(Cc1ccc(F)cc1)N1CCN(c2ccnc(N3CCCCC3)n2)CC1. The van der Waals surface area contributed by atoms with Gasteiger partial charge in [-0.15, -0.1) is 0 Å². The van der Waals surface area contributed by atoms with Gasteiger partial charge in [0.15, 0.2) is 0 Å². The highest BCUT2D eigenvalue weighted by atomic mass is 32.2. The van der Waals surface area contributed by atoms with Crippen LogP contribution in [-0.4, -0.2) is 62.0 Å². The number of hydrogen-bond donors (Lipinski definition) is 0.